The number of aromatic nitrogens is 3. The van der Waals surface area contributed by atoms with Crippen molar-refractivity contribution in [3.63, 3.8) is 0 Å². The molecule has 198 valence electrons. The van der Waals surface area contributed by atoms with Crippen LogP contribution in [0.1, 0.15) is 74.4 Å². The highest BCUT2D eigenvalue weighted by atomic mass is 35.5. The molecule has 4 rings (SSSR count). The average Bonchev–Trinajstić information content (AvgIpc) is 2.79. The van der Waals surface area contributed by atoms with Crippen molar-refractivity contribution in [1.82, 2.24) is 39.6 Å². The topological polar surface area (TPSA) is 203 Å². The van der Waals surface area contributed by atoms with Gasteiger partial charge in [0, 0.05) is 31.3 Å². The molecular weight excluding hydrogens is 442 g/mol. The minimum atomic E-state index is 0. The van der Waals surface area contributed by atoms with Crippen molar-refractivity contribution in [3.05, 3.63) is 35.7 Å². The van der Waals surface area contributed by atoms with Crippen molar-refractivity contribution >= 4 is 24.3 Å². The molecule has 1 aliphatic heterocycles. The maximum absolute atomic E-state index is 5.24. The standard InChI is InChI=1S/C22H31N5O.ClH.4H3N.4H2/c1-28-19-12-10-17(11-13-19)16-23-21-24-20(18-8-4-2-5-9-18)25-22(26-21)27-14-6-3-7-15-27;;;;;;;;;/h10-13,18H,2-9,14-16H2,1H3,(H,23,24,25,26);1H;4*1H3;4*1H. The molecular formula is C22H52ClN9O. The van der Waals surface area contributed by atoms with Crippen LogP contribution in [0.3, 0.4) is 0 Å². The fourth-order valence-electron chi connectivity index (χ4n) is 4.16. The lowest BCUT2D eigenvalue weighted by molar-refractivity contribution is 0.414. The zero-order valence-corrected chi connectivity index (χ0v) is 20.9. The first-order chi connectivity index (χ1) is 13.8. The van der Waals surface area contributed by atoms with Crippen LogP contribution >= 0.6 is 12.4 Å². The third-order valence-corrected chi connectivity index (χ3v) is 5.86. The van der Waals surface area contributed by atoms with E-state index in [1.807, 2.05) is 12.1 Å². The SMILES string of the molecule is COc1ccc(CNc2nc(C3CCCCC3)nc(N3CCCCC3)n2)cc1.Cl.N.N.N.N.[HH].[HH].[HH].[HH]. The van der Waals surface area contributed by atoms with E-state index in [2.05, 4.69) is 22.3 Å². The molecule has 1 aromatic carbocycles. The van der Waals surface area contributed by atoms with Gasteiger partial charge in [-0.3, -0.25) is 0 Å². The lowest BCUT2D eigenvalue weighted by atomic mass is 9.89. The Morgan fingerprint density at radius 3 is 2.09 bits per heavy atom. The van der Waals surface area contributed by atoms with E-state index in [0.717, 1.165) is 30.6 Å². The molecule has 11 heteroatoms. The highest BCUT2D eigenvalue weighted by Gasteiger charge is 2.22. The van der Waals surface area contributed by atoms with Crippen molar-refractivity contribution in [1.29, 1.82) is 0 Å². The number of methoxy groups -OCH3 is 1. The summed E-state index contributed by atoms with van der Waals surface area (Å²) in [6.45, 7) is 2.79. The van der Waals surface area contributed by atoms with Crippen LogP contribution in [0.15, 0.2) is 24.3 Å². The monoisotopic (exact) mass is 493 g/mol. The van der Waals surface area contributed by atoms with Crippen LogP contribution in [0, 0.1) is 0 Å². The first-order valence-electron chi connectivity index (χ1n) is 10.7. The lowest BCUT2D eigenvalue weighted by Gasteiger charge is -2.28. The Kier molecular flexibility index (Phi) is 16.4. The van der Waals surface area contributed by atoms with Crippen molar-refractivity contribution in [3.8, 4) is 5.75 Å². The molecule has 2 heterocycles. The normalized spacial score (nSPS) is 15.4. The molecule has 0 atom stereocenters. The summed E-state index contributed by atoms with van der Waals surface area (Å²) in [5.74, 6) is 3.88. The number of hydrogen-bond acceptors (Lipinski definition) is 10. The zero-order valence-electron chi connectivity index (χ0n) is 20.1. The van der Waals surface area contributed by atoms with Gasteiger partial charge in [-0.15, -0.1) is 12.4 Å². The van der Waals surface area contributed by atoms with Gasteiger partial charge in [0.25, 0.3) is 0 Å². The molecule has 33 heavy (non-hydrogen) atoms. The number of halogens is 1. The first kappa shape index (κ1) is 32.9. The van der Waals surface area contributed by atoms with Gasteiger partial charge in [-0.2, -0.15) is 15.0 Å². The number of hydrogen-bond donors (Lipinski definition) is 5. The molecule has 0 bridgehead atoms. The first-order valence-corrected chi connectivity index (χ1v) is 10.7. The van der Waals surface area contributed by atoms with E-state index < -0.39 is 0 Å². The van der Waals surface area contributed by atoms with Crippen molar-refractivity contribution in [2.24, 2.45) is 0 Å². The molecule has 0 amide bonds. The molecule has 13 N–H and O–H groups in total. The predicted octanol–water partition coefficient (Wildman–Crippen LogP) is 6.58. The minimum absolute atomic E-state index is 0. The second kappa shape index (κ2) is 16.4. The summed E-state index contributed by atoms with van der Waals surface area (Å²) >= 11 is 0. The molecule has 0 spiro atoms. The molecule has 2 aliphatic rings. The molecule has 1 saturated carbocycles. The van der Waals surface area contributed by atoms with Gasteiger partial charge < -0.3 is 39.6 Å². The molecule has 2 aromatic rings. The van der Waals surface area contributed by atoms with Gasteiger partial charge in [0.1, 0.15) is 11.6 Å². The molecule has 1 aromatic heterocycles. The van der Waals surface area contributed by atoms with E-state index >= 15 is 0 Å². The molecule has 2 fully saturated rings. The van der Waals surface area contributed by atoms with Gasteiger partial charge in [-0.05, 0) is 49.8 Å². The van der Waals surface area contributed by atoms with E-state index in [1.165, 1.54) is 56.9 Å². The Bertz CT molecular complexity index is 749. The predicted molar refractivity (Wildman–Crippen MR) is 148 cm³/mol. The summed E-state index contributed by atoms with van der Waals surface area (Å²) in [6.07, 6.45) is 10.0. The van der Waals surface area contributed by atoms with Gasteiger partial charge in [0.2, 0.25) is 11.9 Å². The Morgan fingerprint density at radius 1 is 0.879 bits per heavy atom. The number of anilines is 2. The number of piperidine rings is 1. The van der Waals surface area contributed by atoms with Crippen LogP contribution in [0.2, 0.25) is 0 Å². The van der Waals surface area contributed by atoms with Crippen molar-refractivity contribution < 1.29 is 10.4 Å². The van der Waals surface area contributed by atoms with Crippen LogP contribution in [0.5, 0.6) is 5.75 Å². The summed E-state index contributed by atoms with van der Waals surface area (Å²) in [5, 5.41) is 3.43. The van der Waals surface area contributed by atoms with Gasteiger partial charge >= 0.3 is 0 Å². The summed E-state index contributed by atoms with van der Waals surface area (Å²) in [4.78, 5) is 16.8. The molecule has 10 nitrogen and oxygen atoms in total. The second-order valence-electron chi connectivity index (χ2n) is 7.90. The lowest BCUT2D eigenvalue weighted by Crippen LogP contribution is -2.32. The van der Waals surface area contributed by atoms with Gasteiger partial charge in [-0.25, -0.2) is 0 Å². The molecule has 0 unspecified atom stereocenters. The quantitative estimate of drug-likeness (QED) is 0.292. The summed E-state index contributed by atoms with van der Waals surface area (Å²) in [7, 11) is 1.69. The Hall–Kier alpha value is -2.24. The average molecular weight is 494 g/mol. The van der Waals surface area contributed by atoms with Gasteiger partial charge in [0.15, 0.2) is 0 Å². The Labute approximate surface area is 210 Å². The fourth-order valence-corrected chi connectivity index (χ4v) is 4.16. The molecule has 1 aliphatic carbocycles. The van der Waals surface area contributed by atoms with Crippen molar-refractivity contribution in [2.75, 3.05) is 30.4 Å². The van der Waals surface area contributed by atoms with E-state index in [9.17, 15) is 0 Å². The van der Waals surface area contributed by atoms with Gasteiger partial charge in [-0.1, -0.05) is 31.4 Å². The van der Waals surface area contributed by atoms with Crippen molar-refractivity contribution in [2.45, 2.75) is 63.8 Å². The van der Waals surface area contributed by atoms with Crippen LogP contribution in [-0.2, 0) is 6.54 Å². The third-order valence-electron chi connectivity index (χ3n) is 5.86. The number of nitrogens with one attached hydrogen (secondary N) is 1. The van der Waals surface area contributed by atoms with E-state index in [-0.39, 0.29) is 42.7 Å². The number of rotatable bonds is 6. The zero-order chi connectivity index (χ0) is 19.2. The van der Waals surface area contributed by atoms with Crippen LogP contribution < -0.4 is 39.6 Å². The minimum Gasteiger partial charge on any atom is -0.497 e. The number of nitrogens with zero attached hydrogens (tertiary/aromatic N) is 4. The maximum Gasteiger partial charge on any atom is 0.230 e. The Morgan fingerprint density at radius 2 is 1.48 bits per heavy atom. The smallest absolute Gasteiger partial charge is 0.230 e. The summed E-state index contributed by atoms with van der Waals surface area (Å²) < 4.78 is 5.24. The largest absolute Gasteiger partial charge is 0.497 e. The molecule has 0 radical (unpaired) electrons. The van der Waals surface area contributed by atoms with E-state index in [4.69, 9.17) is 19.7 Å². The highest BCUT2D eigenvalue weighted by Crippen LogP contribution is 2.32. The molecule has 1 saturated heterocycles. The second-order valence-corrected chi connectivity index (χ2v) is 7.90. The number of benzene rings is 1. The van der Waals surface area contributed by atoms with E-state index in [0.29, 0.717) is 18.4 Å². The van der Waals surface area contributed by atoms with Gasteiger partial charge in [0.05, 0.1) is 7.11 Å². The Balaban J connectivity index is -0.000000267. The maximum atomic E-state index is 5.24. The fraction of sp³-hybridized carbons (Fsp3) is 0.591. The summed E-state index contributed by atoms with van der Waals surface area (Å²) in [5.41, 5.74) is 1.18. The number of ether oxygens (including phenoxy) is 1. The van der Waals surface area contributed by atoms with E-state index in [1.54, 1.807) is 7.11 Å². The summed E-state index contributed by atoms with van der Waals surface area (Å²) in [6, 6.07) is 8.11. The highest BCUT2D eigenvalue weighted by molar-refractivity contribution is 5.85. The van der Waals surface area contributed by atoms with Crippen LogP contribution in [0.4, 0.5) is 11.9 Å². The van der Waals surface area contributed by atoms with Crippen LogP contribution in [-0.4, -0.2) is 35.2 Å². The third kappa shape index (κ3) is 8.90. The van der Waals surface area contributed by atoms with Crippen LogP contribution in [0.25, 0.3) is 0 Å².